The van der Waals surface area contributed by atoms with E-state index in [4.69, 9.17) is 0 Å². The molecular weight excluding hydrogens is 238 g/mol. The van der Waals surface area contributed by atoms with Gasteiger partial charge < -0.3 is 15.0 Å². The Balaban J connectivity index is 1.89. The number of imidazole rings is 1. The molecule has 0 spiro atoms. The van der Waals surface area contributed by atoms with E-state index in [-0.39, 0.29) is 0 Å². The Morgan fingerprint density at radius 2 is 2.32 bits per heavy atom. The molecule has 2 N–H and O–H groups in total. The Labute approximate surface area is 113 Å². The maximum atomic E-state index is 4.65. The van der Waals surface area contributed by atoms with Crippen molar-refractivity contribution >= 4 is 17.3 Å². The summed E-state index contributed by atoms with van der Waals surface area (Å²) in [5, 5.41) is 6.83. The second-order valence-electron chi connectivity index (χ2n) is 5.42. The summed E-state index contributed by atoms with van der Waals surface area (Å²) in [6.07, 6.45) is 9.50. The lowest BCUT2D eigenvalue weighted by Crippen LogP contribution is -2.17. The summed E-state index contributed by atoms with van der Waals surface area (Å²) in [4.78, 5) is 9.04. The number of nitrogens with zero attached hydrogens (tertiary/aromatic N) is 3. The Hall–Kier alpha value is -1.78. The molecule has 2 unspecified atom stereocenters. The molecule has 5 heteroatoms. The van der Waals surface area contributed by atoms with Gasteiger partial charge in [-0.05, 0) is 32.1 Å². The average Bonchev–Trinajstić information content (AvgIpc) is 2.99. The van der Waals surface area contributed by atoms with Crippen LogP contribution in [0.15, 0.2) is 18.6 Å². The van der Waals surface area contributed by atoms with Crippen molar-refractivity contribution in [2.75, 3.05) is 17.2 Å². The standard InChI is InChI=1S/C14H21N5/c1-3-15-12-9-19-7-6-16-14(19)13(18-12)17-11-5-4-10(2)8-11/h6-7,9-11,15H,3-5,8H2,1-2H3,(H,17,18). The van der Waals surface area contributed by atoms with Crippen molar-refractivity contribution in [3.63, 3.8) is 0 Å². The van der Waals surface area contributed by atoms with Crippen molar-refractivity contribution in [2.45, 2.75) is 39.2 Å². The Bertz CT molecular complexity index is 562. The largest absolute Gasteiger partial charge is 0.369 e. The van der Waals surface area contributed by atoms with Crippen LogP contribution in [-0.2, 0) is 0 Å². The maximum Gasteiger partial charge on any atom is 0.180 e. The SMILES string of the molecule is CCNc1cn2ccnc2c(NC2CCC(C)C2)n1. The molecule has 0 saturated heterocycles. The van der Waals surface area contributed by atoms with E-state index in [1.165, 1.54) is 19.3 Å². The fourth-order valence-corrected chi connectivity index (χ4v) is 2.83. The average molecular weight is 259 g/mol. The summed E-state index contributed by atoms with van der Waals surface area (Å²) in [5.74, 6) is 2.59. The van der Waals surface area contributed by atoms with Crippen LogP contribution in [-0.4, -0.2) is 27.0 Å². The molecule has 1 aliphatic rings. The first-order valence-corrected chi connectivity index (χ1v) is 7.10. The smallest absolute Gasteiger partial charge is 0.180 e. The molecule has 1 fully saturated rings. The van der Waals surface area contributed by atoms with Crippen LogP contribution in [0.1, 0.15) is 33.1 Å². The normalized spacial score (nSPS) is 22.8. The van der Waals surface area contributed by atoms with Crippen LogP contribution >= 0.6 is 0 Å². The topological polar surface area (TPSA) is 54.2 Å². The zero-order chi connectivity index (χ0) is 13.2. The van der Waals surface area contributed by atoms with Gasteiger partial charge in [-0.1, -0.05) is 6.92 Å². The van der Waals surface area contributed by atoms with Crippen LogP contribution < -0.4 is 10.6 Å². The van der Waals surface area contributed by atoms with E-state index in [0.717, 1.165) is 29.7 Å². The van der Waals surface area contributed by atoms with Gasteiger partial charge in [0.25, 0.3) is 0 Å². The lowest BCUT2D eigenvalue weighted by atomic mass is 10.1. The first-order chi connectivity index (χ1) is 9.26. The van der Waals surface area contributed by atoms with Gasteiger partial charge in [-0.25, -0.2) is 9.97 Å². The molecule has 1 saturated carbocycles. The van der Waals surface area contributed by atoms with E-state index >= 15 is 0 Å². The number of hydrogen-bond acceptors (Lipinski definition) is 4. The molecule has 0 radical (unpaired) electrons. The third kappa shape index (κ3) is 2.50. The summed E-state index contributed by atoms with van der Waals surface area (Å²) < 4.78 is 2.02. The molecule has 0 aliphatic heterocycles. The van der Waals surface area contributed by atoms with Gasteiger partial charge >= 0.3 is 0 Å². The first-order valence-electron chi connectivity index (χ1n) is 7.10. The fourth-order valence-electron chi connectivity index (χ4n) is 2.83. The highest BCUT2D eigenvalue weighted by Gasteiger charge is 2.22. The van der Waals surface area contributed by atoms with Crippen LogP contribution in [0.3, 0.4) is 0 Å². The molecule has 0 bridgehead atoms. The van der Waals surface area contributed by atoms with E-state index in [1.807, 2.05) is 23.0 Å². The minimum Gasteiger partial charge on any atom is -0.369 e. The first kappa shape index (κ1) is 12.3. The van der Waals surface area contributed by atoms with Gasteiger partial charge in [-0.3, -0.25) is 0 Å². The van der Waals surface area contributed by atoms with Crippen LogP contribution in [0.25, 0.3) is 5.65 Å². The number of nitrogens with one attached hydrogen (secondary N) is 2. The molecule has 19 heavy (non-hydrogen) atoms. The van der Waals surface area contributed by atoms with Gasteiger partial charge in [0, 0.05) is 25.0 Å². The Kier molecular flexibility index (Phi) is 3.27. The molecule has 102 valence electrons. The zero-order valence-corrected chi connectivity index (χ0v) is 11.6. The lowest BCUT2D eigenvalue weighted by molar-refractivity contribution is 0.602. The summed E-state index contributed by atoms with van der Waals surface area (Å²) in [5.41, 5.74) is 0.904. The molecule has 1 aliphatic carbocycles. The highest BCUT2D eigenvalue weighted by molar-refractivity contribution is 5.65. The highest BCUT2D eigenvalue weighted by atomic mass is 15.2. The van der Waals surface area contributed by atoms with Gasteiger partial charge in [0.1, 0.15) is 5.82 Å². The van der Waals surface area contributed by atoms with Gasteiger partial charge in [0.05, 0.1) is 6.20 Å². The van der Waals surface area contributed by atoms with Crippen molar-refractivity contribution in [3.05, 3.63) is 18.6 Å². The van der Waals surface area contributed by atoms with Crippen LogP contribution in [0, 0.1) is 5.92 Å². The van der Waals surface area contributed by atoms with Crippen molar-refractivity contribution in [1.29, 1.82) is 0 Å². The fraction of sp³-hybridized carbons (Fsp3) is 0.571. The summed E-state index contributed by atoms with van der Waals surface area (Å²) in [7, 11) is 0. The maximum absolute atomic E-state index is 4.65. The van der Waals surface area contributed by atoms with E-state index < -0.39 is 0 Å². The van der Waals surface area contributed by atoms with E-state index in [1.54, 1.807) is 0 Å². The molecule has 2 atom stereocenters. The zero-order valence-electron chi connectivity index (χ0n) is 11.6. The predicted octanol–water partition coefficient (Wildman–Crippen LogP) is 2.76. The number of anilines is 2. The minimum absolute atomic E-state index is 0.528. The predicted molar refractivity (Wildman–Crippen MR) is 77.6 cm³/mol. The second-order valence-corrected chi connectivity index (χ2v) is 5.42. The highest BCUT2D eigenvalue weighted by Crippen LogP contribution is 2.28. The number of aromatic nitrogens is 3. The monoisotopic (exact) mass is 259 g/mol. The van der Waals surface area contributed by atoms with Crippen molar-refractivity contribution in [3.8, 4) is 0 Å². The van der Waals surface area contributed by atoms with E-state index in [0.29, 0.717) is 6.04 Å². The third-order valence-corrected chi connectivity index (χ3v) is 3.77. The van der Waals surface area contributed by atoms with Gasteiger partial charge in [-0.15, -0.1) is 0 Å². The van der Waals surface area contributed by atoms with Crippen molar-refractivity contribution in [2.24, 2.45) is 5.92 Å². The molecule has 2 heterocycles. The lowest BCUT2D eigenvalue weighted by Gasteiger charge is -2.15. The number of fused-ring (bicyclic) bond motifs is 1. The number of rotatable bonds is 4. The molecule has 0 aromatic carbocycles. The second kappa shape index (κ2) is 5.07. The molecule has 2 aromatic rings. The minimum atomic E-state index is 0.528. The Morgan fingerprint density at radius 3 is 3.05 bits per heavy atom. The van der Waals surface area contributed by atoms with Crippen LogP contribution in [0.5, 0.6) is 0 Å². The van der Waals surface area contributed by atoms with Crippen molar-refractivity contribution in [1.82, 2.24) is 14.4 Å². The summed E-state index contributed by atoms with van der Waals surface area (Å²) in [6, 6.07) is 0.528. The van der Waals surface area contributed by atoms with Crippen LogP contribution in [0.4, 0.5) is 11.6 Å². The van der Waals surface area contributed by atoms with Gasteiger partial charge in [-0.2, -0.15) is 0 Å². The molecule has 2 aromatic heterocycles. The molecule has 3 rings (SSSR count). The quantitative estimate of drug-likeness (QED) is 0.886. The van der Waals surface area contributed by atoms with Gasteiger partial charge in [0.15, 0.2) is 11.5 Å². The summed E-state index contributed by atoms with van der Waals surface area (Å²) >= 11 is 0. The van der Waals surface area contributed by atoms with E-state index in [2.05, 4.69) is 34.4 Å². The molecule has 5 nitrogen and oxygen atoms in total. The molecular formula is C14H21N5. The number of hydrogen-bond donors (Lipinski definition) is 2. The van der Waals surface area contributed by atoms with E-state index in [9.17, 15) is 0 Å². The van der Waals surface area contributed by atoms with Crippen LogP contribution in [0.2, 0.25) is 0 Å². The third-order valence-electron chi connectivity index (χ3n) is 3.77. The van der Waals surface area contributed by atoms with Gasteiger partial charge in [0.2, 0.25) is 0 Å². The van der Waals surface area contributed by atoms with Crippen molar-refractivity contribution < 1.29 is 0 Å². The summed E-state index contributed by atoms with van der Waals surface area (Å²) in [6.45, 7) is 5.26. The Morgan fingerprint density at radius 1 is 1.42 bits per heavy atom. The molecule has 0 amide bonds.